The van der Waals surface area contributed by atoms with Crippen molar-refractivity contribution in [1.82, 2.24) is 4.90 Å². The first kappa shape index (κ1) is 16.3. The van der Waals surface area contributed by atoms with E-state index >= 15 is 0 Å². The second-order valence-corrected chi connectivity index (χ2v) is 5.76. The lowest BCUT2D eigenvalue weighted by Gasteiger charge is -2.26. The van der Waals surface area contributed by atoms with Crippen LogP contribution in [0.25, 0.3) is 0 Å². The normalized spacial score (nSPS) is 11.1. The summed E-state index contributed by atoms with van der Waals surface area (Å²) in [7, 11) is 1.90. The molecule has 0 bridgehead atoms. The number of rotatable bonds is 5. The molecule has 0 saturated heterocycles. The Hall–Kier alpha value is -1.71. The van der Waals surface area contributed by atoms with Gasteiger partial charge in [-0.15, -0.1) is 0 Å². The molecular formula is C16H26N2O2. The second-order valence-electron chi connectivity index (χ2n) is 5.76. The quantitative estimate of drug-likeness (QED) is 0.896. The van der Waals surface area contributed by atoms with Gasteiger partial charge in [-0.2, -0.15) is 0 Å². The summed E-state index contributed by atoms with van der Waals surface area (Å²) in [5, 5.41) is 3.09. The molecule has 0 aliphatic rings. The third-order valence-electron chi connectivity index (χ3n) is 2.95. The van der Waals surface area contributed by atoms with Gasteiger partial charge < -0.3 is 15.0 Å². The van der Waals surface area contributed by atoms with Gasteiger partial charge in [0.1, 0.15) is 5.60 Å². The van der Waals surface area contributed by atoms with Gasteiger partial charge in [-0.05, 0) is 51.8 Å². The minimum Gasteiger partial charge on any atom is -0.444 e. The molecule has 0 aliphatic heterocycles. The van der Waals surface area contributed by atoms with E-state index in [1.165, 1.54) is 5.56 Å². The average Bonchev–Trinajstić information content (AvgIpc) is 2.38. The van der Waals surface area contributed by atoms with Gasteiger partial charge in [0, 0.05) is 25.8 Å². The maximum absolute atomic E-state index is 12.0. The van der Waals surface area contributed by atoms with Crippen molar-refractivity contribution >= 4 is 11.8 Å². The Kier molecular flexibility index (Phi) is 5.86. The van der Waals surface area contributed by atoms with Crippen LogP contribution >= 0.6 is 0 Å². The van der Waals surface area contributed by atoms with Gasteiger partial charge in [-0.1, -0.05) is 12.1 Å². The van der Waals surface area contributed by atoms with Gasteiger partial charge in [-0.3, -0.25) is 0 Å². The topological polar surface area (TPSA) is 41.6 Å². The van der Waals surface area contributed by atoms with Crippen LogP contribution in [-0.4, -0.2) is 36.7 Å². The van der Waals surface area contributed by atoms with Crippen LogP contribution in [0.4, 0.5) is 10.5 Å². The average molecular weight is 278 g/mol. The molecule has 4 heteroatoms. The van der Waals surface area contributed by atoms with Crippen molar-refractivity contribution in [3.05, 3.63) is 29.8 Å². The summed E-state index contributed by atoms with van der Waals surface area (Å²) >= 11 is 0. The summed E-state index contributed by atoms with van der Waals surface area (Å²) in [6, 6.07) is 8.24. The number of hydrogen-bond acceptors (Lipinski definition) is 3. The number of anilines is 1. The predicted octanol–water partition coefficient (Wildman–Crippen LogP) is 3.53. The highest BCUT2D eigenvalue weighted by Gasteiger charge is 2.20. The van der Waals surface area contributed by atoms with Crippen molar-refractivity contribution in [2.45, 2.75) is 39.7 Å². The molecule has 1 rings (SSSR count). The van der Waals surface area contributed by atoms with E-state index in [1.807, 2.05) is 46.9 Å². The van der Waals surface area contributed by atoms with Gasteiger partial charge in [0.15, 0.2) is 0 Å². The molecule has 0 heterocycles. The molecule has 0 saturated carbocycles. The second kappa shape index (κ2) is 7.17. The van der Waals surface area contributed by atoms with Crippen LogP contribution in [0.15, 0.2) is 24.3 Å². The standard InChI is InChI=1S/C16H26N2O2/c1-6-18(15(19)20-16(2,3)4)12-11-13-7-9-14(17-5)10-8-13/h7-10,17H,6,11-12H2,1-5H3. The van der Waals surface area contributed by atoms with Crippen molar-refractivity contribution in [2.75, 3.05) is 25.5 Å². The zero-order valence-corrected chi connectivity index (χ0v) is 13.2. The fraction of sp³-hybridized carbons (Fsp3) is 0.562. The molecule has 112 valence electrons. The number of carbonyl (C=O) groups is 1. The third kappa shape index (κ3) is 5.51. The molecule has 0 spiro atoms. The SMILES string of the molecule is CCN(CCc1ccc(NC)cc1)C(=O)OC(C)(C)C. The van der Waals surface area contributed by atoms with Gasteiger partial charge in [0.2, 0.25) is 0 Å². The number of nitrogens with zero attached hydrogens (tertiary/aromatic N) is 1. The molecule has 0 radical (unpaired) electrons. The van der Waals surface area contributed by atoms with Gasteiger partial charge in [-0.25, -0.2) is 4.79 Å². The number of likely N-dealkylation sites (N-methyl/N-ethyl adjacent to an activating group) is 1. The van der Waals surface area contributed by atoms with Crippen LogP contribution in [-0.2, 0) is 11.2 Å². The number of hydrogen-bond donors (Lipinski definition) is 1. The largest absolute Gasteiger partial charge is 0.444 e. The molecular weight excluding hydrogens is 252 g/mol. The van der Waals surface area contributed by atoms with Crippen LogP contribution in [0.5, 0.6) is 0 Å². The third-order valence-corrected chi connectivity index (χ3v) is 2.95. The molecule has 0 fully saturated rings. The zero-order chi connectivity index (χ0) is 15.2. The van der Waals surface area contributed by atoms with E-state index in [0.717, 1.165) is 12.1 Å². The molecule has 1 amide bonds. The molecule has 1 N–H and O–H groups in total. The van der Waals surface area contributed by atoms with Crippen LogP contribution in [0, 0.1) is 0 Å². The Morgan fingerprint density at radius 1 is 1.25 bits per heavy atom. The molecule has 0 unspecified atom stereocenters. The van der Waals surface area contributed by atoms with Gasteiger partial charge in [0.25, 0.3) is 0 Å². The Morgan fingerprint density at radius 3 is 2.30 bits per heavy atom. The Labute approximate surface area is 122 Å². The minimum absolute atomic E-state index is 0.244. The maximum Gasteiger partial charge on any atom is 0.410 e. The van der Waals surface area contributed by atoms with Crippen molar-refractivity contribution in [1.29, 1.82) is 0 Å². The van der Waals surface area contributed by atoms with Crippen molar-refractivity contribution < 1.29 is 9.53 Å². The maximum atomic E-state index is 12.0. The first-order valence-corrected chi connectivity index (χ1v) is 7.10. The minimum atomic E-state index is -0.445. The van der Waals surface area contributed by atoms with Gasteiger partial charge in [0.05, 0.1) is 0 Å². The zero-order valence-electron chi connectivity index (χ0n) is 13.2. The van der Waals surface area contributed by atoms with Crippen LogP contribution in [0.3, 0.4) is 0 Å². The van der Waals surface area contributed by atoms with E-state index in [1.54, 1.807) is 4.90 Å². The molecule has 0 atom stereocenters. The lowest BCUT2D eigenvalue weighted by molar-refractivity contribution is 0.0262. The highest BCUT2D eigenvalue weighted by atomic mass is 16.6. The number of amides is 1. The predicted molar refractivity (Wildman–Crippen MR) is 83.2 cm³/mol. The summed E-state index contributed by atoms with van der Waals surface area (Å²) in [6.45, 7) is 8.95. The highest BCUT2D eigenvalue weighted by molar-refractivity contribution is 5.68. The summed E-state index contributed by atoms with van der Waals surface area (Å²) in [4.78, 5) is 13.7. The van der Waals surface area contributed by atoms with E-state index in [0.29, 0.717) is 13.1 Å². The number of benzene rings is 1. The monoisotopic (exact) mass is 278 g/mol. The van der Waals surface area contributed by atoms with E-state index in [9.17, 15) is 4.79 Å². The molecule has 1 aromatic carbocycles. The Bertz CT molecular complexity index is 421. The summed E-state index contributed by atoms with van der Waals surface area (Å²) in [5.41, 5.74) is 1.86. The fourth-order valence-electron chi connectivity index (χ4n) is 1.81. The van der Waals surface area contributed by atoms with Gasteiger partial charge >= 0.3 is 6.09 Å². The van der Waals surface area contributed by atoms with Crippen LogP contribution < -0.4 is 5.32 Å². The first-order valence-electron chi connectivity index (χ1n) is 7.10. The van der Waals surface area contributed by atoms with Crippen molar-refractivity contribution in [2.24, 2.45) is 0 Å². The van der Waals surface area contributed by atoms with Crippen molar-refractivity contribution in [3.63, 3.8) is 0 Å². The lowest BCUT2D eigenvalue weighted by Crippen LogP contribution is -2.37. The number of ether oxygens (including phenoxy) is 1. The van der Waals surface area contributed by atoms with E-state index in [4.69, 9.17) is 4.74 Å². The first-order chi connectivity index (χ1) is 9.35. The summed E-state index contributed by atoms with van der Waals surface area (Å²) in [5.74, 6) is 0. The Balaban J connectivity index is 2.53. The number of carbonyl (C=O) groups excluding carboxylic acids is 1. The van der Waals surface area contributed by atoms with Crippen LogP contribution in [0.1, 0.15) is 33.3 Å². The number of nitrogens with one attached hydrogen (secondary N) is 1. The smallest absolute Gasteiger partial charge is 0.410 e. The lowest BCUT2D eigenvalue weighted by atomic mass is 10.1. The summed E-state index contributed by atoms with van der Waals surface area (Å²) in [6.07, 6.45) is 0.587. The van der Waals surface area contributed by atoms with E-state index in [2.05, 4.69) is 17.4 Å². The summed E-state index contributed by atoms with van der Waals surface area (Å²) < 4.78 is 5.39. The van der Waals surface area contributed by atoms with E-state index in [-0.39, 0.29) is 6.09 Å². The van der Waals surface area contributed by atoms with E-state index < -0.39 is 5.60 Å². The highest BCUT2D eigenvalue weighted by Crippen LogP contribution is 2.12. The van der Waals surface area contributed by atoms with Crippen LogP contribution in [0.2, 0.25) is 0 Å². The molecule has 0 aliphatic carbocycles. The molecule has 1 aromatic rings. The fourth-order valence-corrected chi connectivity index (χ4v) is 1.81. The molecule has 4 nitrogen and oxygen atoms in total. The molecule has 0 aromatic heterocycles. The Morgan fingerprint density at radius 2 is 1.85 bits per heavy atom. The van der Waals surface area contributed by atoms with Crippen molar-refractivity contribution in [3.8, 4) is 0 Å². The molecule has 20 heavy (non-hydrogen) atoms.